The number of anilines is 1. The van der Waals surface area contributed by atoms with Gasteiger partial charge in [-0.25, -0.2) is 4.98 Å². The maximum atomic E-state index is 13.1. The van der Waals surface area contributed by atoms with Crippen molar-refractivity contribution in [2.45, 2.75) is 53.4 Å². The maximum absolute atomic E-state index is 13.1. The summed E-state index contributed by atoms with van der Waals surface area (Å²) in [6.07, 6.45) is 5.58. The predicted molar refractivity (Wildman–Crippen MR) is 84.7 cm³/mol. The van der Waals surface area contributed by atoms with Gasteiger partial charge < -0.3 is 0 Å². The lowest BCUT2D eigenvalue weighted by molar-refractivity contribution is -0.132. The summed E-state index contributed by atoms with van der Waals surface area (Å²) in [5.74, 6) is 1.36. The van der Waals surface area contributed by atoms with Crippen LogP contribution in [0.3, 0.4) is 0 Å². The van der Waals surface area contributed by atoms with E-state index in [1.165, 1.54) is 0 Å². The van der Waals surface area contributed by atoms with Crippen LogP contribution in [-0.2, 0) is 4.79 Å². The van der Waals surface area contributed by atoms with Crippen LogP contribution in [0.5, 0.6) is 0 Å². The average molecular weight is 276 g/mol. The Labute approximate surface area is 123 Å². The summed E-state index contributed by atoms with van der Waals surface area (Å²) in [5.41, 5.74) is -0.268. The van der Waals surface area contributed by atoms with Crippen LogP contribution in [0.25, 0.3) is 0 Å². The first kappa shape index (κ1) is 16.7. The number of rotatable bonds is 7. The summed E-state index contributed by atoms with van der Waals surface area (Å²) in [5, 5.41) is 0. The smallest absolute Gasteiger partial charge is 0.234 e. The molecule has 3 nitrogen and oxygen atoms in total. The number of pyridine rings is 1. The minimum absolute atomic E-state index is 0.204. The Kier molecular flexibility index (Phi) is 6.18. The van der Waals surface area contributed by atoms with Crippen LogP contribution in [0.4, 0.5) is 5.82 Å². The number of amides is 1. The number of hydrogen-bond acceptors (Lipinski definition) is 2. The van der Waals surface area contributed by atoms with Crippen molar-refractivity contribution in [3.8, 4) is 0 Å². The number of nitrogens with zero attached hydrogens (tertiary/aromatic N) is 2. The molecule has 1 aromatic heterocycles. The molecule has 0 unspecified atom stereocenters. The lowest BCUT2D eigenvalue weighted by Gasteiger charge is -2.40. The number of carbonyl (C=O) groups excluding carboxylic acids is 1. The molecule has 0 N–H and O–H groups in total. The first-order chi connectivity index (χ1) is 9.57. The van der Waals surface area contributed by atoms with Crippen molar-refractivity contribution >= 4 is 11.7 Å². The lowest BCUT2D eigenvalue weighted by atomic mass is 9.68. The van der Waals surface area contributed by atoms with Gasteiger partial charge in [0, 0.05) is 13.2 Å². The highest BCUT2D eigenvalue weighted by atomic mass is 16.2. The Morgan fingerprint density at radius 1 is 1.20 bits per heavy atom. The molecule has 0 aromatic carbocycles. The molecule has 112 valence electrons. The van der Waals surface area contributed by atoms with Crippen LogP contribution in [0.1, 0.15) is 53.4 Å². The van der Waals surface area contributed by atoms with E-state index in [-0.39, 0.29) is 11.3 Å². The molecule has 3 heteroatoms. The van der Waals surface area contributed by atoms with Gasteiger partial charge >= 0.3 is 0 Å². The molecule has 0 fully saturated rings. The van der Waals surface area contributed by atoms with Crippen LogP contribution >= 0.6 is 0 Å². The van der Waals surface area contributed by atoms with Gasteiger partial charge in [-0.15, -0.1) is 0 Å². The predicted octanol–water partition coefficient (Wildman–Crippen LogP) is 4.29. The van der Waals surface area contributed by atoms with Gasteiger partial charge in [-0.1, -0.05) is 46.6 Å². The third-order valence-corrected chi connectivity index (χ3v) is 4.75. The van der Waals surface area contributed by atoms with Crippen LogP contribution in [0, 0.1) is 11.3 Å². The standard InChI is InChI=1S/C17H28N2O/c1-6-14(7-2)17(8-3,9-4)16(20)19(5)15-12-10-11-13-18-15/h10-14H,6-9H2,1-5H3. The Morgan fingerprint density at radius 2 is 1.80 bits per heavy atom. The summed E-state index contributed by atoms with van der Waals surface area (Å²) >= 11 is 0. The normalized spacial score (nSPS) is 11.7. The van der Waals surface area contributed by atoms with Gasteiger partial charge in [-0.2, -0.15) is 0 Å². The largest absolute Gasteiger partial charge is 0.299 e. The molecule has 0 aliphatic rings. The third kappa shape index (κ3) is 3.02. The highest BCUT2D eigenvalue weighted by Gasteiger charge is 2.42. The van der Waals surface area contributed by atoms with Crippen LogP contribution in [-0.4, -0.2) is 17.9 Å². The van der Waals surface area contributed by atoms with E-state index in [4.69, 9.17) is 0 Å². The summed E-state index contributed by atoms with van der Waals surface area (Å²) in [4.78, 5) is 19.1. The molecule has 1 amide bonds. The molecule has 0 aliphatic heterocycles. The lowest BCUT2D eigenvalue weighted by Crippen LogP contribution is -2.46. The molecule has 1 rings (SSSR count). The first-order valence-corrected chi connectivity index (χ1v) is 7.76. The van der Waals surface area contributed by atoms with Gasteiger partial charge in [0.05, 0.1) is 5.41 Å². The van der Waals surface area contributed by atoms with Crippen molar-refractivity contribution in [3.63, 3.8) is 0 Å². The Hall–Kier alpha value is -1.38. The van der Waals surface area contributed by atoms with Crippen molar-refractivity contribution in [2.75, 3.05) is 11.9 Å². The van der Waals surface area contributed by atoms with Crippen molar-refractivity contribution in [1.82, 2.24) is 4.98 Å². The fourth-order valence-corrected chi connectivity index (χ4v) is 3.36. The minimum atomic E-state index is -0.268. The zero-order valence-corrected chi connectivity index (χ0v) is 13.5. The van der Waals surface area contributed by atoms with Crippen molar-refractivity contribution in [3.05, 3.63) is 24.4 Å². The first-order valence-electron chi connectivity index (χ1n) is 7.76. The van der Waals surface area contributed by atoms with E-state index in [0.29, 0.717) is 5.92 Å². The molecular formula is C17H28N2O. The molecule has 0 spiro atoms. The second-order valence-electron chi connectivity index (χ2n) is 5.43. The molecule has 0 saturated carbocycles. The number of hydrogen-bond donors (Lipinski definition) is 0. The SMILES string of the molecule is CCC(CC)C(CC)(CC)C(=O)N(C)c1ccccn1. The molecule has 1 aromatic rings. The molecule has 1 heterocycles. The number of carbonyl (C=O) groups is 1. The molecule has 0 atom stereocenters. The molecular weight excluding hydrogens is 248 g/mol. The highest BCUT2D eigenvalue weighted by molar-refractivity contribution is 5.96. The monoisotopic (exact) mass is 276 g/mol. The zero-order chi connectivity index (χ0) is 15.2. The topological polar surface area (TPSA) is 33.2 Å². The fourth-order valence-electron chi connectivity index (χ4n) is 3.36. The maximum Gasteiger partial charge on any atom is 0.234 e. The van der Waals surface area contributed by atoms with Crippen LogP contribution in [0.2, 0.25) is 0 Å². The fraction of sp³-hybridized carbons (Fsp3) is 0.647. The van der Waals surface area contributed by atoms with Gasteiger partial charge in [-0.3, -0.25) is 9.69 Å². The summed E-state index contributed by atoms with van der Waals surface area (Å²) in [6.45, 7) is 8.63. The van der Waals surface area contributed by atoms with Crippen molar-refractivity contribution in [2.24, 2.45) is 11.3 Å². The van der Waals surface area contributed by atoms with E-state index in [1.807, 2.05) is 25.2 Å². The molecule has 0 bridgehead atoms. The Balaban J connectivity index is 3.11. The van der Waals surface area contributed by atoms with Gasteiger partial charge in [0.15, 0.2) is 0 Å². The van der Waals surface area contributed by atoms with Crippen molar-refractivity contribution < 1.29 is 4.79 Å². The molecule has 20 heavy (non-hydrogen) atoms. The molecule has 0 aliphatic carbocycles. The van der Waals surface area contributed by atoms with E-state index >= 15 is 0 Å². The summed E-state index contributed by atoms with van der Waals surface area (Å²) < 4.78 is 0. The zero-order valence-electron chi connectivity index (χ0n) is 13.5. The Morgan fingerprint density at radius 3 is 2.20 bits per heavy atom. The average Bonchev–Trinajstić information content (AvgIpc) is 2.52. The second kappa shape index (κ2) is 7.41. The number of aromatic nitrogens is 1. The second-order valence-corrected chi connectivity index (χ2v) is 5.43. The van der Waals surface area contributed by atoms with E-state index in [1.54, 1.807) is 11.1 Å². The van der Waals surface area contributed by atoms with Crippen molar-refractivity contribution in [1.29, 1.82) is 0 Å². The highest BCUT2D eigenvalue weighted by Crippen LogP contribution is 2.41. The summed E-state index contributed by atoms with van der Waals surface area (Å²) in [6, 6.07) is 5.68. The molecule has 0 radical (unpaired) electrons. The van der Waals surface area contributed by atoms with E-state index < -0.39 is 0 Å². The third-order valence-electron chi connectivity index (χ3n) is 4.75. The van der Waals surface area contributed by atoms with Gasteiger partial charge in [0.1, 0.15) is 5.82 Å². The van der Waals surface area contributed by atoms with Gasteiger partial charge in [-0.05, 0) is 30.9 Å². The minimum Gasteiger partial charge on any atom is -0.299 e. The van der Waals surface area contributed by atoms with Gasteiger partial charge in [0.25, 0.3) is 0 Å². The molecule has 0 saturated heterocycles. The Bertz CT molecular complexity index is 408. The van der Waals surface area contributed by atoms with Crippen LogP contribution in [0.15, 0.2) is 24.4 Å². The van der Waals surface area contributed by atoms with E-state index in [2.05, 4.69) is 32.7 Å². The quantitative estimate of drug-likeness (QED) is 0.744. The van der Waals surface area contributed by atoms with Gasteiger partial charge in [0.2, 0.25) is 5.91 Å². The van der Waals surface area contributed by atoms with E-state index in [0.717, 1.165) is 31.5 Å². The van der Waals surface area contributed by atoms with Crippen LogP contribution < -0.4 is 4.90 Å². The summed E-state index contributed by atoms with van der Waals surface area (Å²) in [7, 11) is 1.84. The van der Waals surface area contributed by atoms with E-state index in [9.17, 15) is 4.79 Å².